The zero-order valence-corrected chi connectivity index (χ0v) is 14.0. The van der Waals surface area contributed by atoms with Crippen molar-refractivity contribution in [2.45, 2.75) is 26.7 Å². The third-order valence-electron chi connectivity index (χ3n) is 3.26. The van der Waals surface area contributed by atoms with Crippen molar-refractivity contribution in [2.24, 2.45) is 4.99 Å². The van der Waals surface area contributed by atoms with E-state index in [1.165, 1.54) is 5.56 Å². The second-order valence-electron chi connectivity index (χ2n) is 4.97. The van der Waals surface area contributed by atoms with Crippen LogP contribution in [0.15, 0.2) is 53.5 Å². The molecular weight excluding hydrogens is 325 g/mol. The van der Waals surface area contributed by atoms with E-state index in [2.05, 4.69) is 40.1 Å². The summed E-state index contributed by atoms with van der Waals surface area (Å²) in [6, 6.07) is 16.1. The van der Waals surface area contributed by atoms with Crippen LogP contribution in [-0.4, -0.2) is 26.4 Å². The Morgan fingerprint density at radius 3 is 2.38 bits per heavy atom. The van der Waals surface area contributed by atoms with Crippen LogP contribution in [0.2, 0.25) is 0 Å². The summed E-state index contributed by atoms with van der Waals surface area (Å²) >= 11 is 3.02. The third kappa shape index (κ3) is 4.38. The fourth-order valence-corrected chi connectivity index (χ4v) is 2.77. The summed E-state index contributed by atoms with van der Waals surface area (Å²) in [4.78, 5) is 16.0. The van der Waals surface area contributed by atoms with Crippen molar-refractivity contribution in [3.05, 3.63) is 65.2 Å². The maximum atomic E-state index is 11.4. The van der Waals surface area contributed by atoms with Gasteiger partial charge in [-0.2, -0.15) is 0 Å². The van der Waals surface area contributed by atoms with Crippen LogP contribution in [-0.2, 0) is 17.6 Å². The molecule has 0 bridgehead atoms. The molecule has 2 nitrogen and oxygen atoms in total. The molecule has 21 heavy (non-hydrogen) atoms. The fraction of sp³-hybridized carbons (Fsp3) is 0.222. The Labute approximate surface area is 134 Å². The van der Waals surface area contributed by atoms with Crippen LogP contribution < -0.4 is 0 Å². The number of Topliss-reactive ketones (excluding diaryl/α,β-unsaturated/α-hetero) is 1. The zero-order chi connectivity index (χ0) is 15.2. The van der Waals surface area contributed by atoms with Crippen LogP contribution in [0.1, 0.15) is 30.5 Å². The summed E-state index contributed by atoms with van der Waals surface area (Å²) in [5, 5.41) is 0. The van der Waals surface area contributed by atoms with E-state index in [4.69, 9.17) is 0 Å². The van der Waals surface area contributed by atoms with Gasteiger partial charge in [-0.15, -0.1) is 0 Å². The first kappa shape index (κ1) is 15.7. The average Bonchev–Trinajstić information content (AvgIpc) is 2.48. The zero-order valence-electron chi connectivity index (χ0n) is 12.3. The molecule has 2 rings (SSSR count). The van der Waals surface area contributed by atoms with Gasteiger partial charge in [0.25, 0.3) is 0 Å². The van der Waals surface area contributed by atoms with E-state index in [9.17, 15) is 4.79 Å². The molecule has 3 heteroatoms. The fourth-order valence-electron chi connectivity index (χ4n) is 2.13. The quantitative estimate of drug-likeness (QED) is 0.602. The van der Waals surface area contributed by atoms with Gasteiger partial charge in [-0.1, -0.05) is 0 Å². The van der Waals surface area contributed by atoms with Gasteiger partial charge in [0, 0.05) is 0 Å². The van der Waals surface area contributed by atoms with E-state index in [1.807, 2.05) is 36.4 Å². The van der Waals surface area contributed by atoms with Gasteiger partial charge in [0.15, 0.2) is 0 Å². The molecule has 2 aromatic carbocycles. The number of nitrogens with zero attached hydrogens (tertiary/aromatic N) is 1. The standard InChI is InChI=1S/C18H18NOSe/c1-3-14-8-10-16(11-9-14)19-18(21)17-7-5-4-6-15(17)12-13(2)20/h4-11H,3,12H2,1-2H3. The second-order valence-corrected chi connectivity index (χ2v) is 5.78. The van der Waals surface area contributed by atoms with Crippen molar-refractivity contribution < 1.29 is 4.79 Å². The predicted molar refractivity (Wildman–Crippen MR) is 88.6 cm³/mol. The number of ketones is 1. The Morgan fingerprint density at radius 1 is 1.10 bits per heavy atom. The number of hydrogen-bond acceptors (Lipinski definition) is 2. The first-order valence-electron chi connectivity index (χ1n) is 7.02. The van der Waals surface area contributed by atoms with Gasteiger partial charge in [0.2, 0.25) is 0 Å². The van der Waals surface area contributed by atoms with E-state index in [0.29, 0.717) is 6.42 Å². The number of benzene rings is 2. The predicted octanol–water partition coefficient (Wildman–Crippen LogP) is 3.63. The summed E-state index contributed by atoms with van der Waals surface area (Å²) in [7, 11) is 0. The Morgan fingerprint density at radius 2 is 1.76 bits per heavy atom. The summed E-state index contributed by atoms with van der Waals surface area (Å²) in [6.07, 6.45) is 1.46. The van der Waals surface area contributed by atoms with E-state index in [0.717, 1.165) is 27.8 Å². The molecule has 0 aromatic heterocycles. The number of rotatable bonds is 5. The van der Waals surface area contributed by atoms with Gasteiger partial charge < -0.3 is 0 Å². The molecule has 107 valence electrons. The summed E-state index contributed by atoms with van der Waals surface area (Å²) in [5.41, 5.74) is 4.21. The Balaban J connectivity index is 2.31. The SMILES string of the molecule is CCc1ccc(N=C([Se])c2ccccc2CC(C)=O)cc1. The Hall–Kier alpha value is -1.70. The van der Waals surface area contributed by atoms with Crippen molar-refractivity contribution >= 4 is 32.1 Å². The molecule has 0 N–H and O–H groups in total. The number of carbonyl (C=O) groups excluding carboxylic acids is 1. The molecule has 1 radical (unpaired) electrons. The van der Waals surface area contributed by atoms with Crippen LogP contribution in [0.3, 0.4) is 0 Å². The second kappa shape index (κ2) is 7.35. The molecule has 2 aromatic rings. The van der Waals surface area contributed by atoms with Crippen molar-refractivity contribution in [1.29, 1.82) is 0 Å². The average molecular weight is 343 g/mol. The van der Waals surface area contributed by atoms with Crippen molar-refractivity contribution in [2.75, 3.05) is 0 Å². The molecule has 0 saturated heterocycles. The first-order valence-corrected chi connectivity index (χ1v) is 7.88. The molecule has 0 atom stereocenters. The topological polar surface area (TPSA) is 29.4 Å². The van der Waals surface area contributed by atoms with Gasteiger partial charge in [-0.25, -0.2) is 0 Å². The van der Waals surface area contributed by atoms with Gasteiger partial charge in [0.1, 0.15) is 0 Å². The van der Waals surface area contributed by atoms with Crippen molar-refractivity contribution in [3.63, 3.8) is 0 Å². The molecule has 0 aliphatic carbocycles. The van der Waals surface area contributed by atoms with Crippen LogP contribution in [0.5, 0.6) is 0 Å². The van der Waals surface area contributed by atoms with Crippen molar-refractivity contribution in [3.8, 4) is 0 Å². The third-order valence-corrected chi connectivity index (χ3v) is 3.92. The summed E-state index contributed by atoms with van der Waals surface area (Å²) < 4.78 is 0.816. The molecule has 0 unspecified atom stereocenters. The van der Waals surface area contributed by atoms with Crippen LogP contribution in [0.25, 0.3) is 0 Å². The van der Waals surface area contributed by atoms with Crippen LogP contribution in [0.4, 0.5) is 5.69 Å². The van der Waals surface area contributed by atoms with Gasteiger partial charge in [0.05, 0.1) is 0 Å². The van der Waals surface area contributed by atoms with E-state index >= 15 is 0 Å². The molecule has 0 heterocycles. The summed E-state index contributed by atoms with van der Waals surface area (Å²) in [5.74, 6) is 0.155. The number of carbonyl (C=O) groups is 1. The van der Waals surface area contributed by atoms with E-state index < -0.39 is 0 Å². The molecule has 0 saturated carbocycles. The Kier molecular flexibility index (Phi) is 5.49. The number of aliphatic imine (C=N–C) groups is 1. The minimum atomic E-state index is 0.155. The molecule has 0 spiro atoms. The van der Waals surface area contributed by atoms with Gasteiger partial charge in [-0.3, -0.25) is 0 Å². The molecule has 0 fully saturated rings. The number of aryl methyl sites for hydroxylation is 1. The molecular formula is C18H18NOSe. The Bertz CT molecular complexity index is 659. The number of hydrogen-bond donors (Lipinski definition) is 0. The summed E-state index contributed by atoms with van der Waals surface area (Å²) in [6.45, 7) is 3.74. The van der Waals surface area contributed by atoms with Crippen LogP contribution in [0, 0.1) is 0 Å². The van der Waals surface area contributed by atoms with E-state index in [-0.39, 0.29) is 5.78 Å². The maximum absolute atomic E-state index is 11.4. The van der Waals surface area contributed by atoms with Crippen LogP contribution >= 0.6 is 0 Å². The monoisotopic (exact) mass is 344 g/mol. The minimum absolute atomic E-state index is 0.155. The molecule has 0 amide bonds. The molecule has 0 aliphatic rings. The molecule has 0 aliphatic heterocycles. The first-order chi connectivity index (χ1) is 10.1. The van der Waals surface area contributed by atoms with Crippen molar-refractivity contribution in [1.82, 2.24) is 0 Å². The van der Waals surface area contributed by atoms with Gasteiger partial charge in [-0.05, 0) is 0 Å². The van der Waals surface area contributed by atoms with E-state index in [1.54, 1.807) is 6.92 Å². The normalized spacial score (nSPS) is 11.4. The van der Waals surface area contributed by atoms with Gasteiger partial charge >= 0.3 is 134 Å².